The van der Waals surface area contributed by atoms with E-state index in [9.17, 15) is 19.1 Å². The van der Waals surface area contributed by atoms with Crippen molar-refractivity contribution < 1.29 is 18.6 Å². The molecule has 23 heavy (non-hydrogen) atoms. The summed E-state index contributed by atoms with van der Waals surface area (Å²) < 4.78 is 29.2. The van der Waals surface area contributed by atoms with Gasteiger partial charge in [0.2, 0.25) is 0 Å². The van der Waals surface area contributed by atoms with Crippen LogP contribution in [0.25, 0.3) is 10.9 Å². The summed E-state index contributed by atoms with van der Waals surface area (Å²) in [5.74, 6) is -0.00482. The van der Waals surface area contributed by atoms with Crippen LogP contribution in [0.1, 0.15) is 24.8 Å². The zero-order chi connectivity index (χ0) is 16.4. The number of nitrogens with one attached hydrogen (secondary N) is 1. The summed E-state index contributed by atoms with van der Waals surface area (Å²) >= 11 is 0. The molecule has 2 aromatic rings. The molecule has 0 saturated heterocycles. The minimum atomic E-state index is -2.92. The molecule has 0 aliphatic heterocycles. The van der Waals surface area contributed by atoms with Crippen LogP contribution < -0.4 is 10.1 Å². The summed E-state index contributed by atoms with van der Waals surface area (Å²) in [6.45, 7) is -2.63. The largest absolute Gasteiger partial charge is 0.435 e. The van der Waals surface area contributed by atoms with Crippen molar-refractivity contribution in [2.75, 3.05) is 11.9 Å². The predicted octanol–water partition coefficient (Wildman–Crippen LogP) is 3.03. The Morgan fingerprint density at radius 1 is 1.43 bits per heavy atom. The second-order valence-corrected chi connectivity index (χ2v) is 5.65. The maximum atomic E-state index is 12.4. The standard InChI is InChI=1S/C16H15F2N3O2/c17-15(18)23-11-2-3-13-12(6-11)14(10(7-19)8-20-13)21-9-16(22)4-1-5-16/h2-3,6,8,15,22H,1,4-5,9H2,(H,20,21). The Balaban J connectivity index is 1.99. The van der Waals surface area contributed by atoms with E-state index in [-0.39, 0.29) is 11.3 Å². The van der Waals surface area contributed by atoms with Crippen LogP contribution in [0, 0.1) is 11.3 Å². The Morgan fingerprint density at radius 2 is 2.22 bits per heavy atom. The molecule has 1 aliphatic carbocycles. The van der Waals surface area contributed by atoms with Crippen molar-refractivity contribution in [2.45, 2.75) is 31.5 Å². The Morgan fingerprint density at radius 3 is 2.83 bits per heavy atom. The van der Waals surface area contributed by atoms with Crippen molar-refractivity contribution in [1.82, 2.24) is 4.98 Å². The third-order valence-corrected chi connectivity index (χ3v) is 4.06. The summed E-state index contributed by atoms with van der Waals surface area (Å²) in [5, 5.41) is 23.0. The van der Waals surface area contributed by atoms with Gasteiger partial charge in [0.25, 0.3) is 0 Å². The second kappa shape index (κ2) is 5.97. The number of benzene rings is 1. The number of aromatic nitrogens is 1. The number of aliphatic hydroxyl groups is 1. The van der Waals surface area contributed by atoms with E-state index in [4.69, 9.17) is 0 Å². The molecule has 3 rings (SSSR count). The molecular formula is C16H15F2N3O2. The van der Waals surface area contributed by atoms with Crippen LogP contribution in [0.3, 0.4) is 0 Å². The van der Waals surface area contributed by atoms with E-state index in [0.717, 1.165) is 6.42 Å². The number of hydrogen-bond donors (Lipinski definition) is 2. The number of alkyl halides is 2. The van der Waals surface area contributed by atoms with Gasteiger partial charge < -0.3 is 15.2 Å². The fourth-order valence-corrected chi connectivity index (χ4v) is 2.64. The van der Waals surface area contributed by atoms with E-state index in [1.54, 1.807) is 6.07 Å². The van der Waals surface area contributed by atoms with E-state index in [1.807, 2.05) is 6.07 Å². The molecule has 1 heterocycles. The number of nitrogens with zero attached hydrogens (tertiary/aromatic N) is 2. The van der Waals surface area contributed by atoms with Crippen LogP contribution >= 0.6 is 0 Å². The second-order valence-electron chi connectivity index (χ2n) is 5.65. The first-order chi connectivity index (χ1) is 11.0. The zero-order valence-electron chi connectivity index (χ0n) is 12.2. The molecule has 0 unspecified atom stereocenters. The lowest BCUT2D eigenvalue weighted by atomic mass is 9.80. The van der Waals surface area contributed by atoms with Crippen LogP contribution in [-0.2, 0) is 0 Å². The van der Waals surface area contributed by atoms with Gasteiger partial charge in [0.15, 0.2) is 0 Å². The SMILES string of the molecule is N#Cc1cnc2ccc(OC(F)F)cc2c1NCC1(O)CCC1. The van der Waals surface area contributed by atoms with Crippen LogP contribution in [-0.4, -0.2) is 28.8 Å². The molecule has 1 aromatic heterocycles. The molecule has 5 nitrogen and oxygen atoms in total. The van der Waals surface area contributed by atoms with Crippen LogP contribution in [0.4, 0.5) is 14.5 Å². The van der Waals surface area contributed by atoms with Gasteiger partial charge in [0.1, 0.15) is 11.8 Å². The summed E-state index contributed by atoms with van der Waals surface area (Å²) in [5.41, 5.74) is 0.528. The molecule has 0 amide bonds. The maximum Gasteiger partial charge on any atom is 0.387 e. The highest BCUT2D eigenvalue weighted by molar-refractivity contribution is 5.94. The summed E-state index contributed by atoms with van der Waals surface area (Å²) in [6.07, 6.45) is 3.78. The van der Waals surface area contributed by atoms with E-state index < -0.39 is 12.2 Å². The number of halogens is 2. The molecule has 0 spiro atoms. The molecular weight excluding hydrogens is 304 g/mol. The summed E-state index contributed by atoms with van der Waals surface area (Å²) in [7, 11) is 0. The lowest BCUT2D eigenvalue weighted by Crippen LogP contribution is -2.43. The number of ether oxygens (including phenoxy) is 1. The van der Waals surface area contributed by atoms with Crippen LogP contribution in [0.5, 0.6) is 5.75 Å². The van der Waals surface area contributed by atoms with Gasteiger partial charge in [-0.15, -0.1) is 0 Å². The molecule has 0 radical (unpaired) electrons. The number of nitriles is 1. The van der Waals surface area contributed by atoms with E-state index in [2.05, 4.69) is 15.0 Å². The van der Waals surface area contributed by atoms with Gasteiger partial charge in [-0.25, -0.2) is 0 Å². The van der Waals surface area contributed by atoms with Crippen molar-refractivity contribution in [2.24, 2.45) is 0 Å². The van der Waals surface area contributed by atoms with Crippen molar-refractivity contribution in [3.63, 3.8) is 0 Å². The highest BCUT2D eigenvalue weighted by atomic mass is 19.3. The van der Waals surface area contributed by atoms with E-state index in [1.165, 1.54) is 18.3 Å². The van der Waals surface area contributed by atoms with Crippen molar-refractivity contribution in [3.05, 3.63) is 30.0 Å². The van der Waals surface area contributed by atoms with Crippen molar-refractivity contribution >= 4 is 16.6 Å². The Labute approximate surface area is 131 Å². The molecule has 1 saturated carbocycles. The van der Waals surface area contributed by atoms with Gasteiger partial charge >= 0.3 is 6.61 Å². The number of rotatable bonds is 5. The predicted molar refractivity (Wildman–Crippen MR) is 80.4 cm³/mol. The number of pyridine rings is 1. The number of anilines is 1. The molecule has 7 heteroatoms. The summed E-state index contributed by atoms with van der Waals surface area (Å²) in [4.78, 5) is 4.14. The molecule has 0 bridgehead atoms. The first-order valence-corrected chi connectivity index (χ1v) is 7.25. The quantitative estimate of drug-likeness (QED) is 0.885. The normalized spacial score (nSPS) is 16.0. The highest BCUT2D eigenvalue weighted by Crippen LogP contribution is 2.34. The van der Waals surface area contributed by atoms with Crippen molar-refractivity contribution in [3.8, 4) is 11.8 Å². The molecule has 1 aromatic carbocycles. The molecule has 1 fully saturated rings. The monoisotopic (exact) mass is 319 g/mol. The lowest BCUT2D eigenvalue weighted by molar-refractivity contribution is -0.0497. The Hall–Kier alpha value is -2.46. The first-order valence-electron chi connectivity index (χ1n) is 7.25. The minimum absolute atomic E-state index is 0.00482. The number of hydrogen-bond acceptors (Lipinski definition) is 5. The average Bonchev–Trinajstić information content (AvgIpc) is 2.50. The van der Waals surface area contributed by atoms with Gasteiger partial charge in [-0.2, -0.15) is 14.0 Å². The van der Waals surface area contributed by atoms with Gasteiger partial charge in [-0.1, -0.05) is 0 Å². The maximum absolute atomic E-state index is 12.4. The van der Waals surface area contributed by atoms with E-state index in [0.29, 0.717) is 36.0 Å². The van der Waals surface area contributed by atoms with E-state index >= 15 is 0 Å². The summed E-state index contributed by atoms with van der Waals surface area (Å²) in [6, 6.07) is 6.40. The molecule has 120 valence electrons. The first kappa shape index (κ1) is 15.4. The Kier molecular flexibility index (Phi) is 4.01. The molecule has 1 aliphatic rings. The fraction of sp³-hybridized carbons (Fsp3) is 0.375. The lowest BCUT2D eigenvalue weighted by Gasteiger charge is -2.37. The molecule has 2 N–H and O–H groups in total. The highest BCUT2D eigenvalue weighted by Gasteiger charge is 2.34. The van der Waals surface area contributed by atoms with Crippen LogP contribution in [0.2, 0.25) is 0 Å². The minimum Gasteiger partial charge on any atom is -0.435 e. The third kappa shape index (κ3) is 3.17. The topological polar surface area (TPSA) is 78.2 Å². The van der Waals surface area contributed by atoms with Gasteiger partial charge in [0.05, 0.1) is 22.4 Å². The van der Waals surface area contributed by atoms with Gasteiger partial charge in [-0.05, 0) is 37.5 Å². The van der Waals surface area contributed by atoms with Crippen molar-refractivity contribution in [1.29, 1.82) is 5.26 Å². The zero-order valence-corrected chi connectivity index (χ0v) is 12.2. The average molecular weight is 319 g/mol. The smallest absolute Gasteiger partial charge is 0.387 e. The Bertz CT molecular complexity index is 770. The third-order valence-electron chi connectivity index (χ3n) is 4.06. The van der Waals surface area contributed by atoms with Crippen LogP contribution in [0.15, 0.2) is 24.4 Å². The van der Waals surface area contributed by atoms with Gasteiger partial charge in [0, 0.05) is 18.1 Å². The fourth-order valence-electron chi connectivity index (χ4n) is 2.64. The molecule has 0 atom stereocenters. The van der Waals surface area contributed by atoms with Gasteiger partial charge in [-0.3, -0.25) is 4.98 Å². The number of fused-ring (bicyclic) bond motifs is 1.